The predicted molar refractivity (Wildman–Crippen MR) is 143 cm³/mol. The zero-order chi connectivity index (χ0) is 27.1. The third kappa shape index (κ3) is 5.16. The Labute approximate surface area is 226 Å². The van der Waals surface area contributed by atoms with Crippen LogP contribution in [0.5, 0.6) is 0 Å². The average molecular weight is 539 g/mol. The number of fused-ring (bicyclic) bond motifs is 1. The van der Waals surface area contributed by atoms with Gasteiger partial charge in [-0.1, -0.05) is 12.8 Å². The Kier molecular flexibility index (Phi) is 6.87. The molecule has 1 aliphatic carbocycles. The zero-order valence-electron chi connectivity index (χ0n) is 21.9. The van der Waals surface area contributed by atoms with Gasteiger partial charge >= 0.3 is 0 Å². The summed E-state index contributed by atoms with van der Waals surface area (Å²) in [5, 5.41) is 0.695. The van der Waals surface area contributed by atoms with Gasteiger partial charge in [0.15, 0.2) is 0 Å². The van der Waals surface area contributed by atoms with Crippen LogP contribution in [0.4, 0.5) is 13.2 Å². The first-order chi connectivity index (χ1) is 18.8. The van der Waals surface area contributed by atoms with Crippen molar-refractivity contribution in [3.05, 3.63) is 65.6 Å². The normalized spacial score (nSPS) is 20.6. The van der Waals surface area contributed by atoms with Gasteiger partial charge in [-0.3, -0.25) is 14.5 Å². The molecule has 2 aliphatic heterocycles. The van der Waals surface area contributed by atoms with Crippen LogP contribution in [0, 0.1) is 5.82 Å². The topological polar surface area (TPSA) is 48.8 Å². The molecule has 0 spiro atoms. The molecule has 9 heteroatoms. The molecule has 3 aromatic rings. The van der Waals surface area contributed by atoms with Crippen molar-refractivity contribution in [2.45, 2.75) is 50.5 Å². The van der Waals surface area contributed by atoms with Crippen molar-refractivity contribution in [1.82, 2.24) is 19.3 Å². The molecule has 3 fully saturated rings. The number of piperazine rings is 1. The van der Waals surface area contributed by atoms with Gasteiger partial charge in [0.25, 0.3) is 17.7 Å². The van der Waals surface area contributed by atoms with Crippen molar-refractivity contribution in [2.24, 2.45) is 0 Å². The van der Waals surface area contributed by atoms with Crippen LogP contribution >= 0.6 is 0 Å². The van der Waals surface area contributed by atoms with E-state index in [0.29, 0.717) is 47.0 Å². The van der Waals surface area contributed by atoms with Crippen LogP contribution in [0.15, 0.2) is 48.5 Å². The van der Waals surface area contributed by atoms with Gasteiger partial charge in [-0.2, -0.15) is 0 Å². The van der Waals surface area contributed by atoms with Gasteiger partial charge < -0.3 is 14.4 Å². The van der Waals surface area contributed by atoms with E-state index in [-0.39, 0.29) is 37.7 Å². The minimum Gasteiger partial charge on any atom is -0.337 e. The van der Waals surface area contributed by atoms with Crippen LogP contribution in [0.2, 0.25) is 0 Å². The zero-order valence-corrected chi connectivity index (χ0v) is 21.9. The summed E-state index contributed by atoms with van der Waals surface area (Å²) < 4.78 is 42.9. The molecule has 2 amide bonds. The molecular weight excluding hydrogens is 505 g/mol. The summed E-state index contributed by atoms with van der Waals surface area (Å²) in [6, 6.07) is 13.5. The summed E-state index contributed by atoms with van der Waals surface area (Å²) >= 11 is 0. The van der Waals surface area contributed by atoms with Gasteiger partial charge in [-0.05, 0) is 61.4 Å². The summed E-state index contributed by atoms with van der Waals surface area (Å²) in [6.45, 7) is 3.07. The number of piperidine rings is 1. The molecule has 3 aliphatic rings. The Hall–Kier alpha value is -3.33. The van der Waals surface area contributed by atoms with Gasteiger partial charge in [-0.25, -0.2) is 13.2 Å². The van der Waals surface area contributed by atoms with Gasteiger partial charge in [0.05, 0.1) is 5.52 Å². The maximum absolute atomic E-state index is 13.7. The molecule has 6 nitrogen and oxygen atoms in total. The summed E-state index contributed by atoms with van der Waals surface area (Å²) in [5.41, 5.74) is 2.12. The molecule has 6 rings (SSSR count). The van der Waals surface area contributed by atoms with E-state index in [1.54, 1.807) is 34.9 Å². The van der Waals surface area contributed by atoms with Gasteiger partial charge in [0.2, 0.25) is 0 Å². The van der Waals surface area contributed by atoms with E-state index in [2.05, 4.69) is 4.90 Å². The summed E-state index contributed by atoms with van der Waals surface area (Å²) in [7, 11) is 0. The third-order valence-electron chi connectivity index (χ3n) is 8.58. The van der Waals surface area contributed by atoms with Gasteiger partial charge in [-0.15, -0.1) is 0 Å². The Morgan fingerprint density at radius 3 is 2.08 bits per heavy atom. The Morgan fingerprint density at radius 1 is 0.769 bits per heavy atom. The number of alkyl halides is 2. The number of likely N-dealkylation sites (tertiary alicyclic amines) is 1. The molecule has 0 radical (unpaired) electrons. The first-order valence-corrected chi connectivity index (χ1v) is 13.9. The summed E-state index contributed by atoms with van der Waals surface area (Å²) in [4.78, 5) is 32.8. The Bertz CT molecular complexity index is 1360. The number of rotatable bonds is 4. The van der Waals surface area contributed by atoms with Crippen molar-refractivity contribution in [3.8, 4) is 5.69 Å². The van der Waals surface area contributed by atoms with Gasteiger partial charge in [0.1, 0.15) is 11.5 Å². The largest absolute Gasteiger partial charge is 0.337 e. The number of nitrogens with zero attached hydrogens (tertiary/aromatic N) is 4. The molecule has 39 heavy (non-hydrogen) atoms. The monoisotopic (exact) mass is 538 g/mol. The van der Waals surface area contributed by atoms with Crippen molar-refractivity contribution < 1.29 is 22.8 Å². The highest BCUT2D eigenvalue weighted by Crippen LogP contribution is 2.31. The number of aromatic nitrogens is 1. The quantitative estimate of drug-likeness (QED) is 0.451. The van der Waals surface area contributed by atoms with Crippen LogP contribution in [-0.4, -0.2) is 82.3 Å². The van der Waals surface area contributed by atoms with Crippen LogP contribution in [0.1, 0.15) is 59.4 Å². The van der Waals surface area contributed by atoms with Crippen molar-refractivity contribution in [1.29, 1.82) is 0 Å². The molecule has 1 aromatic heterocycles. The van der Waals surface area contributed by atoms with Crippen molar-refractivity contribution >= 4 is 22.7 Å². The standard InChI is InChI=1S/C30H33F3N4O2/c31-23-6-8-25(9-7-23)37-26-10-5-21(28(38)36-17-15-34(16-18-36)24-3-1-2-4-24)19-22(26)20-27(37)29(39)35-13-11-30(32,33)12-14-35/h5-10,19-20,24H,1-4,11-18H2. The van der Waals surface area contributed by atoms with Crippen LogP contribution in [0.3, 0.4) is 0 Å². The smallest absolute Gasteiger partial charge is 0.270 e. The first-order valence-electron chi connectivity index (χ1n) is 13.9. The maximum Gasteiger partial charge on any atom is 0.270 e. The van der Waals surface area contributed by atoms with E-state index in [1.807, 2.05) is 11.0 Å². The molecule has 0 N–H and O–H groups in total. The molecule has 3 heterocycles. The van der Waals surface area contributed by atoms with E-state index in [4.69, 9.17) is 0 Å². The third-order valence-corrected chi connectivity index (χ3v) is 8.58. The number of hydrogen-bond donors (Lipinski definition) is 0. The first kappa shape index (κ1) is 25.9. The fourth-order valence-corrected chi connectivity index (χ4v) is 6.32. The molecule has 0 unspecified atom stereocenters. The lowest BCUT2D eigenvalue weighted by atomic mass is 10.1. The molecule has 1 saturated carbocycles. The van der Waals surface area contributed by atoms with E-state index >= 15 is 0 Å². The number of hydrogen-bond acceptors (Lipinski definition) is 3. The highest BCUT2D eigenvalue weighted by molar-refractivity contribution is 6.03. The number of carbonyl (C=O) groups is 2. The predicted octanol–water partition coefficient (Wildman–Crippen LogP) is 5.34. The molecule has 0 atom stereocenters. The fraction of sp³-hybridized carbons (Fsp3) is 0.467. The number of amides is 2. The molecule has 0 bridgehead atoms. The summed E-state index contributed by atoms with van der Waals surface area (Å²) in [5.74, 6) is -3.56. The van der Waals surface area contributed by atoms with E-state index in [1.165, 1.54) is 42.7 Å². The second-order valence-electron chi connectivity index (χ2n) is 11.0. The van der Waals surface area contributed by atoms with Crippen LogP contribution in [0.25, 0.3) is 16.6 Å². The van der Waals surface area contributed by atoms with Crippen LogP contribution < -0.4 is 0 Å². The Morgan fingerprint density at radius 2 is 1.41 bits per heavy atom. The second-order valence-corrected chi connectivity index (χ2v) is 11.0. The fourth-order valence-electron chi connectivity index (χ4n) is 6.32. The molecule has 206 valence electrons. The highest BCUT2D eigenvalue weighted by Gasteiger charge is 2.37. The van der Waals surface area contributed by atoms with Crippen LogP contribution in [-0.2, 0) is 0 Å². The minimum absolute atomic E-state index is 0.0344. The second kappa shape index (κ2) is 10.3. The van der Waals surface area contributed by atoms with Crippen molar-refractivity contribution in [2.75, 3.05) is 39.3 Å². The van der Waals surface area contributed by atoms with Crippen molar-refractivity contribution in [3.63, 3.8) is 0 Å². The Balaban J connectivity index is 1.29. The lowest BCUT2D eigenvalue weighted by Gasteiger charge is -2.38. The van der Waals surface area contributed by atoms with E-state index in [9.17, 15) is 22.8 Å². The molecule has 2 saturated heterocycles. The number of benzene rings is 2. The number of carbonyl (C=O) groups excluding carboxylic acids is 2. The van der Waals surface area contributed by atoms with E-state index < -0.39 is 11.7 Å². The lowest BCUT2D eigenvalue weighted by molar-refractivity contribution is -0.0495. The molecular formula is C30H33F3N4O2. The average Bonchev–Trinajstić information content (AvgIpc) is 3.61. The summed E-state index contributed by atoms with van der Waals surface area (Å²) in [6.07, 6.45) is 4.32. The minimum atomic E-state index is -2.77. The molecule has 2 aromatic carbocycles. The highest BCUT2D eigenvalue weighted by atomic mass is 19.3. The number of halogens is 3. The SMILES string of the molecule is O=C(c1ccc2c(c1)cc(C(=O)N1CCC(F)(F)CC1)n2-c1ccc(F)cc1)N1CCN(C2CCCC2)CC1. The van der Waals surface area contributed by atoms with Gasteiger partial charge in [0, 0.05) is 74.8 Å². The van der Waals surface area contributed by atoms with E-state index in [0.717, 1.165) is 13.1 Å². The maximum atomic E-state index is 13.7. The lowest BCUT2D eigenvalue weighted by Crippen LogP contribution is -2.51.